The van der Waals surface area contributed by atoms with Crippen LogP contribution in [-0.4, -0.2) is 65.2 Å². The Kier molecular flexibility index (Phi) is 5.72. The maximum Gasteiger partial charge on any atom is 0.202 e. The average Bonchev–Trinajstić information content (AvgIpc) is 2.70. The highest BCUT2D eigenvalue weighted by Crippen LogP contribution is 2.59. The normalized spacial score (nSPS) is 41.0. The van der Waals surface area contributed by atoms with Crippen LogP contribution in [0, 0.1) is 11.3 Å². The summed E-state index contributed by atoms with van der Waals surface area (Å²) in [6.45, 7) is 8.79. The third-order valence-electron chi connectivity index (χ3n) is 8.50. The maximum atomic E-state index is 14.2. The highest BCUT2D eigenvalue weighted by Gasteiger charge is 2.72. The van der Waals surface area contributed by atoms with E-state index in [0.717, 1.165) is 12.1 Å². The summed E-state index contributed by atoms with van der Waals surface area (Å²) in [5.74, 6) is -3.33. The molecule has 2 fully saturated rings. The van der Waals surface area contributed by atoms with E-state index < -0.39 is 62.2 Å². The van der Waals surface area contributed by atoms with Crippen molar-refractivity contribution in [1.29, 1.82) is 0 Å². The van der Waals surface area contributed by atoms with Crippen LogP contribution in [0.25, 0.3) is 0 Å². The molecule has 0 spiro atoms. The summed E-state index contributed by atoms with van der Waals surface area (Å²) in [7, 11) is 0. The number of carbonyl (C=O) groups is 2. The Balaban J connectivity index is 1.99. The summed E-state index contributed by atoms with van der Waals surface area (Å²) in [6.07, 6.45) is 0.417. The second-order valence-corrected chi connectivity index (χ2v) is 12.6. The lowest BCUT2D eigenvalue weighted by Gasteiger charge is -2.60. The zero-order valence-corrected chi connectivity index (χ0v) is 21.5. The molecule has 0 radical (unpaired) electrons. The van der Waals surface area contributed by atoms with Gasteiger partial charge in [-0.25, -0.2) is 0 Å². The number of alkyl halides is 2. The van der Waals surface area contributed by atoms with Crippen LogP contribution in [0.3, 0.4) is 0 Å². The predicted octanol–water partition coefficient (Wildman–Crippen LogP) is 3.94. The number of hydrogen-bond acceptors (Lipinski definition) is 7. The number of ether oxygens (including phenoxy) is 1. The Bertz CT molecular complexity index is 1070. The first kappa shape index (κ1) is 25.7. The van der Waals surface area contributed by atoms with Gasteiger partial charge in [0.15, 0.2) is 17.0 Å². The molecule has 34 heavy (non-hydrogen) atoms. The van der Waals surface area contributed by atoms with Crippen LogP contribution in [0.15, 0.2) is 12.1 Å². The summed E-state index contributed by atoms with van der Waals surface area (Å²) >= 11 is 13.2. The Morgan fingerprint density at radius 2 is 1.62 bits per heavy atom. The van der Waals surface area contributed by atoms with E-state index in [4.69, 9.17) is 27.9 Å². The highest BCUT2D eigenvalue weighted by atomic mass is 35.5. The minimum Gasteiger partial charge on any atom is -0.508 e. The summed E-state index contributed by atoms with van der Waals surface area (Å²) < 4.78 is 6.35. The van der Waals surface area contributed by atoms with Crippen molar-refractivity contribution in [2.75, 3.05) is 0 Å². The Morgan fingerprint density at radius 1 is 1.00 bits per heavy atom. The van der Waals surface area contributed by atoms with Crippen molar-refractivity contribution < 1.29 is 34.8 Å². The quantitative estimate of drug-likeness (QED) is 0.440. The second kappa shape index (κ2) is 7.56. The minimum atomic E-state index is -2.40. The molecule has 3 aliphatic rings. The molecule has 0 bridgehead atoms. The van der Waals surface area contributed by atoms with Gasteiger partial charge in [0.25, 0.3) is 0 Å². The van der Waals surface area contributed by atoms with E-state index in [1.54, 1.807) is 20.8 Å². The number of rotatable bonds is 2. The van der Waals surface area contributed by atoms with Crippen LogP contribution < -0.4 is 0 Å². The van der Waals surface area contributed by atoms with Gasteiger partial charge < -0.3 is 25.2 Å². The number of phenols is 2. The number of halogens is 2. The van der Waals surface area contributed by atoms with Gasteiger partial charge in [-0.15, -0.1) is 23.2 Å². The van der Waals surface area contributed by atoms with Crippen LogP contribution in [0.5, 0.6) is 11.5 Å². The van der Waals surface area contributed by atoms with E-state index in [2.05, 4.69) is 0 Å². The number of aliphatic hydroxyl groups is 2. The molecule has 188 valence electrons. The van der Waals surface area contributed by atoms with Crippen LogP contribution in [0.1, 0.15) is 81.0 Å². The molecular formula is C25H32Cl2O7. The Labute approximate surface area is 209 Å². The van der Waals surface area contributed by atoms with Crippen LogP contribution in [0.4, 0.5) is 0 Å². The first-order valence-electron chi connectivity index (χ1n) is 11.5. The summed E-state index contributed by atoms with van der Waals surface area (Å²) in [5.41, 5.74) is -8.21. The fourth-order valence-electron chi connectivity index (χ4n) is 6.29. The molecular weight excluding hydrogens is 483 g/mol. The van der Waals surface area contributed by atoms with E-state index in [9.17, 15) is 30.0 Å². The van der Waals surface area contributed by atoms with E-state index in [0.29, 0.717) is 12.8 Å². The number of phenolic OH excluding ortho intramolecular Hbond substituents is 2. The second-order valence-electron chi connectivity index (χ2n) is 11.6. The number of ketones is 2. The number of aromatic hydroxyl groups is 2. The lowest BCUT2D eigenvalue weighted by Crippen LogP contribution is -2.76. The fraction of sp³-hybridized carbons (Fsp3) is 0.680. The number of benzene rings is 1. The van der Waals surface area contributed by atoms with Crippen molar-refractivity contribution >= 4 is 34.8 Å². The van der Waals surface area contributed by atoms with E-state index in [1.165, 1.54) is 0 Å². The molecule has 0 amide bonds. The van der Waals surface area contributed by atoms with Gasteiger partial charge in [0.05, 0.1) is 22.1 Å². The van der Waals surface area contributed by atoms with Gasteiger partial charge in [0, 0.05) is 23.4 Å². The molecule has 6 atom stereocenters. The van der Waals surface area contributed by atoms with Crippen LogP contribution >= 0.6 is 23.2 Å². The van der Waals surface area contributed by atoms with Gasteiger partial charge in [-0.2, -0.15) is 0 Å². The molecule has 2 aliphatic carbocycles. The number of Topliss-reactive ketones (excluding diaryl/α,β-unsaturated/α-hetero) is 2. The summed E-state index contributed by atoms with van der Waals surface area (Å²) in [5, 5.41) is 42.8. The van der Waals surface area contributed by atoms with Gasteiger partial charge in [-0.05, 0) is 57.4 Å². The van der Waals surface area contributed by atoms with Crippen molar-refractivity contribution in [1.82, 2.24) is 0 Å². The van der Waals surface area contributed by atoms with Crippen LogP contribution in [-0.2, 0) is 4.74 Å². The van der Waals surface area contributed by atoms with Gasteiger partial charge in [-0.1, -0.05) is 13.8 Å². The summed E-state index contributed by atoms with van der Waals surface area (Å²) in [4.78, 5) is 28.0. The van der Waals surface area contributed by atoms with Crippen molar-refractivity contribution in [3.8, 4) is 11.5 Å². The largest absolute Gasteiger partial charge is 0.508 e. The Morgan fingerprint density at radius 3 is 2.24 bits per heavy atom. The van der Waals surface area contributed by atoms with Crippen molar-refractivity contribution in [2.24, 2.45) is 11.3 Å². The topological polar surface area (TPSA) is 124 Å². The van der Waals surface area contributed by atoms with Crippen molar-refractivity contribution in [3.63, 3.8) is 0 Å². The maximum absolute atomic E-state index is 14.2. The Hall–Kier alpha value is -1.38. The molecule has 0 aromatic heterocycles. The van der Waals surface area contributed by atoms with Crippen molar-refractivity contribution in [3.05, 3.63) is 23.3 Å². The van der Waals surface area contributed by atoms with E-state index >= 15 is 0 Å². The first-order chi connectivity index (χ1) is 15.4. The number of fused-ring (bicyclic) bond motifs is 2. The molecule has 7 nitrogen and oxygen atoms in total. The molecule has 1 aromatic carbocycles. The lowest BCUT2D eigenvalue weighted by atomic mass is 9.53. The first-order valence-corrected chi connectivity index (χ1v) is 12.4. The predicted molar refractivity (Wildman–Crippen MR) is 127 cm³/mol. The van der Waals surface area contributed by atoms with Gasteiger partial charge in [0.2, 0.25) is 5.78 Å². The summed E-state index contributed by atoms with van der Waals surface area (Å²) in [6, 6.07) is 2.04. The molecule has 4 N–H and O–H groups in total. The third kappa shape index (κ3) is 3.34. The van der Waals surface area contributed by atoms with E-state index in [1.807, 2.05) is 13.8 Å². The molecule has 1 unspecified atom stereocenters. The standard InChI is InChI=1S/C25H32Cl2O7/c1-21(2)15(23(5,32)7-6-16(21)26)10-25-19(30)13-8-12(28)9-14(29)18(13)20(31)24(25,33)11-17(27)22(3,4)34-25/h8-9,15-17,28-29,32-33H,6-7,10-11H2,1-5H3/t15-,16-,17+,23-,24?,25+/m0/s1. The van der Waals surface area contributed by atoms with Gasteiger partial charge >= 0.3 is 0 Å². The SMILES string of the molecule is CC1(C)O[C@]2(C[C@H]3C(C)(C)[C@@H](Cl)CC[C@]3(C)O)C(=O)c3cc(O)cc(O)c3C(=O)C2(O)C[C@H]1Cl. The smallest absolute Gasteiger partial charge is 0.202 e. The third-order valence-corrected chi connectivity index (χ3v) is 9.96. The number of carbonyl (C=O) groups excluding carboxylic acids is 2. The molecule has 1 saturated heterocycles. The monoisotopic (exact) mass is 514 g/mol. The van der Waals surface area contributed by atoms with Gasteiger partial charge in [-0.3, -0.25) is 9.59 Å². The zero-order valence-electron chi connectivity index (χ0n) is 20.0. The molecule has 4 rings (SSSR count). The average molecular weight is 515 g/mol. The molecule has 9 heteroatoms. The molecule has 1 aliphatic heterocycles. The molecule has 1 aromatic rings. The van der Waals surface area contributed by atoms with Gasteiger partial charge in [0.1, 0.15) is 11.5 Å². The molecule has 1 heterocycles. The molecule has 1 saturated carbocycles. The number of hydrogen-bond donors (Lipinski definition) is 4. The zero-order chi connectivity index (χ0) is 25.6. The van der Waals surface area contributed by atoms with Crippen molar-refractivity contribution in [2.45, 2.75) is 93.5 Å². The van der Waals surface area contributed by atoms with E-state index in [-0.39, 0.29) is 29.3 Å². The van der Waals surface area contributed by atoms with Crippen LogP contribution in [0.2, 0.25) is 0 Å². The lowest BCUT2D eigenvalue weighted by molar-refractivity contribution is -0.243. The fourth-order valence-corrected chi connectivity index (χ4v) is 6.82. The highest BCUT2D eigenvalue weighted by molar-refractivity contribution is 6.26. The minimum absolute atomic E-state index is 0.208.